The summed E-state index contributed by atoms with van der Waals surface area (Å²) in [5, 5.41) is 1.12. The van der Waals surface area contributed by atoms with E-state index in [0.717, 1.165) is 28.2 Å². The Bertz CT molecular complexity index is 1550. The quantitative estimate of drug-likeness (QED) is 0.370. The molecule has 0 amide bonds. The molecule has 34 heavy (non-hydrogen) atoms. The first-order valence-electron chi connectivity index (χ1n) is 10.3. The average Bonchev–Trinajstić information content (AvgIpc) is 3.59. The van der Waals surface area contributed by atoms with Gasteiger partial charge in [0, 0.05) is 5.57 Å². The molecule has 0 spiro atoms. The van der Waals surface area contributed by atoms with Gasteiger partial charge in [0.25, 0.3) is 0 Å². The normalized spacial score (nSPS) is 21.0. The van der Waals surface area contributed by atoms with Crippen molar-refractivity contribution in [1.29, 1.82) is 0 Å². The molecule has 1 aromatic rings. The van der Waals surface area contributed by atoms with E-state index in [-0.39, 0.29) is 15.1 Å². The van der Waals surface area contributed by atoms with Crippen LogP contribution in [0.2, 0.25) is 0 Å². The summed E-state index contributed by atoms with van der Waals surface area (Å²) in [6.07, 6.45) is 13.2. The van der Waals surface area contributed by atoms with Gasteiger partial charge in [0.15, 0.2) is 0 Å². The van der Waals surface area contributed by atoms with E-state index in [2.05, 4.69) is 9.98 Å². The maximum absolute atomic E-state index is 6.87. The Morgan fingerprint density at radius 3 is 1.97 bits per heavy atom. The van der Waals surface area contributed by atoms with Crippen LogP contribution in [0.25, 0.3) is 5.57 Å². The lowest BCUT2D eigenvalue weighted by Crippen LogP contribution is -1.98. The molecule has 0 aliphatic carbocycles. The van der Waals surface area contributed by atoms with Crippen LogP contribution < -0.4 is 0 Å². The highest BCUT2D eigenvalue weighted by molar-refractivity contribution is 6.61. The van der Waals surface area contributed by atoms with E-state index in [1.165, 1.54) is 0 Å². The van der Waals surface area contributed by atoms with E-state index in [9.17, 15) is 0 Å². The molecule has 0 fully saturated rings. The number of aliphatic imine (C=N–C) groups is 4. The molecule has 0 saturated heterocycles. The molecule has 5 aliphatic rings. The van der Waals surface area contributed by atoms with Gasteiger partial charge in [-0.2, -0.15) is 0 Å². The van der Waals surface area contributed by atoms with Crippen molar-refractivity contribution in [2.45, 2.75) is 0 Å². The van der Waals surface area contributed by atoms with E-state index < -0.39 is 0 Å². The van der Waals surface area contributed by atoms with Gasteiger partial charge < -0.3 is 0 Å². The summed E-state index contributed by atoms with van der Waals surface area (Å²) < 4.78 is 0. The van der Waals surface area contributed by atoms with Crippen LogP contribution in [0.15, 0.2) is 136 Å². The molecule has 6 rings (SSSR count). The van der Waals surface area contributed by atoms with Crippen LogP contribution in [0.1, 0.15) is 5.56 Å². The molecule has 8 heteroatoms. The molecule has 164 valence electrons. The van der Waals surface area contributed by atoms with E-state index in [1.54, 1.807) is 6.08 Å². The third-order valence-electron chi connectivity index (χ3n) is 5.48. The monoisotopic (exact) mass is 520 g/mol. The largest absolute Gasteiger partial charge is 0.249 e. The van der Waals surface area contributed by atoms with E-state index in [4.69, 9.17) is 56.4 Å². The first kappa shape index (κ1) is 21.5. The molecular formula is C26H12Cl4N4. The summed E-state index contributed by atoms with van der Waals surface area (Å²) >= 11 is 26.7. The molecule has 0 aromatic heterocycles. The molecule has 5 aliphatic heterocycles. The lowest BCUT2D eigenvalue weighted by molar-refractivity contribution is 1.39. The van der Waals surface area contributed by atoms with Gasteiger partial charge in [0.05, 0.1) is 54.4 Å². The maximum Gasteiger partial charge on any atom is 0.105 e. The van der Waals surface area contributed by atoms with Crippen molar-refractivity contribution in [2.75, 3.05) is 0 Å². The van der Waals surface area contributed by atoms with Crippen LogP contribution in [0, 0.1) is 0 Å². The van der Waals surface area contributed by atoms with Crippen LogP contribution in [0.5, 0.6) is 0 Å². The summed E-state index contributed by atoms with van der Waals surface area (Å²) in [5.74, 6) is 0. The number of fused-ring (bicyclic) bond motifs is 4. The summed E-state index contributed by atoms with van der Waals surface area (Å²) in [6.45, 7) is 0. The topological polar surface area (TPSA) is 49.4 Å². The zero-order valence-electron chi connectivity index (χ0n) is 17.2. The number of halogens is 4. The molecule has 4 nitrogen and oxygen atoms in total. The lowest BCUT2D eigenvalue weighted by Gasteiger charge is -2.05. The number of nitrogens with zero attached hydrogens (tertiary/aromatic N) is 4. The third kappa shape index (κ3) is 3.64. The number of rotatable bonds is 1. The van der Waals surface area contributed by atoms with E-state index in [0.29, 0.717) is 33.6 Å². The Morgan fingerprint density at radius 2 is 1.24 bits per heavy atom. The Morgan fingerprint density at radius 1 is 0.559 bits per heavy atom. The number of hydrogen-bond acceptors (Lipinski definition) is 4. The maximum atomic E-state index is 6.87. The predicted molar refractivity (Wildman–Crippen MR) is 143 cm³/mol. The molecule has 0 atom stereocenters. The van der Waals surface area contributed by atoms with Crippen LogP contribution in [0.3, 0.4) is 0 Å². The minimum Gasteiger partial charge on any atom is -0.249 e. The van der Waals surface area contributed by atoms with Crippen LogP contribution in [0.4, 0.5) is 0 Å². The van der Waals surface area contributed by atoms with Crippen molar-refractivity contribution >= 4 is 74.8 Å². The summed E-state index contributed by atoms with van der Waals surface area (Å²) in [5.41, 5.74) is 6.40. The minimum atomic E-state index is 0.209. The van der Waals surface area contributed by atoms with Gasteiger partial charge >= 0.3 is 0 Å². The van der Waals surface area contributed by atoms with Crippen LogP contribution >= 0.6 is 46.4 Å². The van der Waals surface area contributed by atoms with Crippen molar-refractivity contribution in [3.05, 3.63) is 121 Å². The molecular weight excluding hydrogens is 510 g/mol. The van der Waals surface area contributed by atoms with E-state index in [1.807, 2.05) is 66.8 Å². The highest BCUT2D eigenvalue weighted by Gasteiger charge is 2.31. The second-order valence-electron chi connectivity index (χ2n) is 7.71. The van der Waals surface area contributed by atoms with Crippen molar-refractivity contribution < 1.29 is 0 Å². The molecule has 8 bridgehead atoms. The van der Waals surface area contributed by atoms with Crippen molar-refractivity contribution in [3.63, 3.8) is 0 Å². The smallest absolute Gasteiger partial charge is 0.105 e. The SMILES string of the molecule is ClC1=C(Cl)C2=NC1=CC1=NC(=CC3=NC(=CC4=NC(=C2Cl)C(Cl)=C4c2ccccc2)C=C3)C=C1. The fourth-order valence-electron chi connectivity index (χ4n) is 3.92. The zero-order chi connectivity index (χ0) is 23.4. The summed E-state index contributed by atoms with van der Waals surface area (Å²) in [7, 11) is 0. The zero-order valence-corrected chi connectivity index (χ0v) is 20.3. The molecule has 0 saturated carbocycles. The van der Waals surface area contributed by atoms with Crippen LogP contribution in [-0.4, -0.2) is 22.8 Å². The van der Waals surface area contributed by atoms with Crippen LogP contribution in [-0.2, 0) is 0 Å². The predicted octanol–water partition coefficient (Wildman–Crippen LogP) is 7.37. The Balaban J connectivity index is 1.62. The van der Waals surface area contributed by atoms with Crippen molar-refractivity contribution in [1.82, 2.24) is 0 Å². The first-order valence-corrected chi connectivity index (χ1v) is 11.8. The van der Waals surface area contributed by atoms with Gasteiger partial charge in [-0.15, -0.1) is 0 Å². The van der Waals surface area contributed by atoms with Crippen molar-refractivity contribution in [2.24, 2.45) is 20.0 Å². The van der Waals surface area contributed by atoms with Gasteiger partial charge in [-0.1, -0.05) is 76.7 Å². The highest BCUT2D eigenvalue weighted by Crippen LogP contribution is 2.42. The van der Waals surface area contributed by atoms with Crippen molar-refractivity contribution in [3.8, 4) is 0 Å². The summed E-state index contributed by atoms with van der Waals surface area (Å²) in [6, 6.07) is 9.75. The highest BCUT2D eigenvalue weighted by atomic mass is 35.5. The minimum absolute atomic E-state index is 0.209. The molecule has 0 unspecified atom stereocenters. The fourth-order valence-corrected chi connectivity index (χ4v) is 5.05. The Kier molecular flexibility index (Phi) is 5.27. The molecule has 1 aromatic carbocycles. The number of hydrogen-bond donors (Lipinski definition) is 0. The summed E-state index contributed by atoms with van der Waals surface area (Å²) in [4.78, 5) is 18.6. The van der Waals surface area contributed by atoms with Gasteiger partial charge in [-0.3, -0.25) is 0 Å². The second-order valence-corrected chi connectivity index (χ2v) is 9.22. The Hall–Kier alpha value is -3.02. The third-order valence-corrected chi connectivity index (χ3v) is 7.06. The average molecular weight is 522 g/mol. The Labute approximate surface area is 215 Å². The number of benzene rings is 1. The molecule has 0 N–H and O–H groups in total. The standard InChI is InChI=1S/C26H12Cl4N4/c27-21-19-12-17-9-7-15(32-17)10-14-6-8-16(31-14)11-18-20(13-4-2-1-3-5-13)22(28)25(33-18)24(30)26(34-19)23(21)29/h1-12H. The second kappa shape index (κ2) is 8.33. The van der Waals surface area contributed by atoms with Gasteiger partial charge in [-0.25, -0.2) is 20.0 Å². The molecule has 5 heterocycles. The van der Waals surface area contributed by atoms with Gasteiger partial charge in [0.2, 0.25) is 0 Å². The van der Waals surface area contributed by atoms with Gasteiger partial charge in [0.1, 0.15) is 11.4 Å². The van der Waals surface area contributed by atoms with E-state index >= 15 is 0 Å². The molecule has 0 radical (unpaired) electrons. The number of allylic oxidation sites excluding steroid dienone is 12. The fraction of sp³-hybridized carbons (Fsp3) is 0. The first-order chi connectivity index (χ1) is 16.5. The van der Waals surface area contributed by atoms with Gasteiger partial charge in [-0.05, 0) is 48.1 Å². The lowest BCUT2D eigenvalue weighted by atomic mass is 10.0.